The fourth-order valence-electron chi connectivity index (χ4n) is 2.18. The molecular formula is C19H18Cl2N2O4. The molecule has 8 heteroatoms. The molecule has 0 fully saturated rings. The molecule has 0 spiro atoms. The molecule has 0 aromatic heterocycles. The van der Waals surface area contributed by atoms with Crippen molar-refractivity contribution in [2.45, 2.75) is 13.5 Å². The topological polar surface area (TPSA) is 84.5 Å². The van der Waals surface area contributed by atoms with Gasteiger partial charge in [-0.15, -0.1) is 0 Å². The third-order valence-electron chi connectivity index (χ3n) is 3.50. The molecule has 0 aliphatic heterocycles. The van der Waals surface area contributed by atoms with Gasteiger partial charge in [-0.3, -0.25) is 14.4 Å². The number of amides is 2. The van der Waals surface area contributed by atoms with Gasteiger partial charge >= 0.3 is 5.97 Å². The average molecular weight is 409 g/mol. The maximum atomic E-state index is 12.0. The minimum absolute atomic E-state index is 0.127. The zero-order valence-corrected chi connectivity index (χ0v) is 16.1. The van der Waals surface area contributed by atoms with Gasteiger partial charge in [-0.05, 0) is 30.7 Å². The maximum Gasteiger partial charge on any atom is 0.325 e. The van der Waals surface area contributed by atoms with E-state index in [0.717, 1.165) is 11.1 Å². The van der Waals surface area contributed by atoms with E-state index in [1.807, 2.05) is 31.2 Å². The zero-order chi connectivity index (χ0) is 19.8. The maximum absolute atomic E-state index is 12.0. The second-order valence-corrected chi connectivity index (χ2v) is 6.58. The number of ether oxygens (including phenoxy) is 1. The first kappa shape index (κ1) is 20.7. The number of carbonyl (C=O) groups is 3. The third-order valence-corrected chi connectivity index (χ3v) is 4.05. The first-order valence-corrected chi connectivity index (χ1v) is 8.82. The van der Waals surface area contributed by atoms with Gasteiger partial charge in [0.15, 0.2) is 0 Å². The fourth-order valence-corrected chi connectivity index (χ4v) is 2.67. The summed E-state index contributed by atoms with van der Waals surface area (Å²) in [7, 11) is 0. The highest BCUT2D eigenvalue weighted by Crippen LogP contribution is 2.20. The van der Waals surface area contributed by atoms with Crippen LogP contribution in [0, 0.1) is 6.92 Å². The molecule has 2 rings (SSSR count). The standard InChI is InChI=1S/C19H18Cl2N2O4/c1-12-3-2-4-13(7-12)11-27-18(25)10-22-17(24)9-23-19(26)15-6-5-14(20)8-16(15)21/h2-8H,9-11H2,1H3,(H,22,24)(H,23,26). The van der Waals surface area contributed by atoms with E-state index < -0.39 is 17.8 Å². The molecule has 0 saturated carbocycles. The fraction of sp³-hybridized carbons (Fsp3) is 0.211. The van der Waals surface area contributed by atoms with Gasteiger partial charge in [0.2, 0.25) is 5.91 Å². The van der Waals surface area contributed by atoms with Crippen LogP contribution < -0.4 is 10.6 Å². The molecule has 0 saturated heterocycles. The number of benzene rings is 2. The molecule has 142 valence electrons. The lowest BCUT2D eigenvalue weighted by atomic mass is 10.1. The van der Waals surface area contributed by atoms with Gasteiger partial charge in [0.05, 0.1) is 17.1 Å². The van der Waals surface area contributed by atoms with Gasteiger partial charge < -0.3 is 15.4 Å². The van der Waals surface area contributed by atoms with Crippen LogP contribution in [0.25, 0.3) is 0 Å². The first-order valence-electron chi connectivity index (χ1n) is 8.06. The Balaban J connectivity index is 1.70. The van der Waals surface area contributed by atoms with E-state index in [1.54, 1.807) is 0 Å². The number of hydrogen-bond acceptors (Lipinski definition) is 4. The Bertz CT molecular complexity index is 855. The molecule has 6 nitrogen and oxygen atoms in total. The van der Waals surface area contributed by atoms with Gasteiger partial charge in [-0.25, -0.2) is 0 Å². The van der Waals surface area contributed by atoms with E-state index in [2.05, 4.69) is 10.6 Å². The van der Waals surface area contributed by atoms with Crippen LogP contribution in [0.1, 0.15) is 21.5 Å². The molecule has 0 radical (unpaired) electrons. The van der Waals surface area contributed by atoms with Crippen LogP contribution in [-0.2, 0) is 20.9 Å². The van der Waals surface area contributed by atoms with Gasteiger partial charge in [-0.2, -0.15) is 0 Å². The summed E-state index contributed by atoms with van der Waals surface area (Å²) in [4.78, 5) is 35.4. The summed E-state index contributed by atoms with van der Waals surface area (Å²) in [6.45, 7) is 1.48. The minimum atomic E-state index is -0.572. The van der Waals surface area contributed by atoms with E-state index in [9.17, 15) is 14.4 Å². The van der Waals surface area contributed by atoms with Crippen LogP contribution >= 0.6 is 23.2 Å². The number of esters is 1. The lowest BCUT2D eigenvalue weighted by Crippen LogP contribution is -2.39. The predicted molar refractivity (Wildman–Crippen MR) is 103 cm³/mol. The Morgan fingerprint density at radius 3 is 2.48 bits per heavy atom. The molecule has 27 heavy (non-hydrogen) atoms. The summed E-state index contributed by atoms with van der Waals surface area (Å²) in [6, 6.07) is 12.0. The van der Waals surface area contributed by atoms with Crippen LogP contribution in [0.4, 0.5) is 0 Å². The van der Waals surface area contributed by atoms with E-state index in [4.69, 9.17) is 27.9 Å². The van der Waals surface area contributed by atoms with Crippen molar-refractivity contribution < 1.29 is 19.1 Å². The summed E-state index contributed by atoms with van der Waals surface area (Å²) in [5.41, 5.74) is 2.13. The molecule has 2 amide bonds. The Labute approximate surface area is 166 Å². The van der Waals surface area contributed by atoms with Crippen molar-refractivity contribution in [1.82, 2.24) is 10.6 Å². The van der Waals surface area contributed by atoms with E-state index in [1.165, 1.54) is 18.2 Å². The van der Waals surface area contributed by atoms with Crippen molar-refractivity contribution in [2.75, 3.05) is 13.1 Å². The summed E-state index contributed by atoms with van der Waals surface area (Å²) in [5, 5.41) is 5.38. The highest BCUT2D eigenvalue weighted by Gasteiger charge is 2.13. The Morgan fingerprint density at radius 2 is 1.78 bits per heavy atom. The summed E-state index contributed by atoms with van der Waals surface area (Å²) < 4.78 is 5.08. The van der Waals surface area contributed by atoms with Gasteiger partial charge in [0.25, 0.3) is 5.91 Å². The summed E-state index contributed by atoms with van der Waals surface area (Å²) in [6.07, 6.45) is 0. The van der Waals surface area contributed by atoms with Crippen LogP contribution in [0.5, 0.6) is 0 Å². The highest BCUT2D eigenvalue weighted by molar-refractivity contribution is 6.36. The molecule has 2 aromatic carbocycles. The molecule has 0 heterocycles. The number of rotatable bonds is 7. The lowest BCUT2D eigenvalue weighted by molar-refractivity contribution is -0.145. The van der Waals surface area contributed by atoms with Gasteiger partial charge in [-0.1, -0.05) is 53.0 Å². The van der Waals surface area contributed by atoms with Gasteiger partial charge in [0.1, 0.15) is 13.2 Å². The minimum Gasteiger partial charge on any atom is -0.460 e. The molecule has 0 bridgehead atoms. The van der Waals surface area contributed by atoms with Crippen molar-refractivity contribution in [3.8, 4) is 0 Å². The number of aryl methyl sites for hydroxylation is 1. The summed E-state index contributed by atoms with van der Waals surface area (Å²) >= 11 is 11.7. The highest BCUT2D eigenvalue weighted by atomic mass is 35.5. The number of nitrogens with one attached hydrogen (secondary N) is 2. The van der Waals surface area contributed by atoms with E-state index in [-0.39, 0.29) is 30.3 Å². The number of hydrogen-bond donors (Lipinski definition) is 2. The molecule has 2 N–H and O–H groups in total. The van der Waals surface area contributed by atoms with Crippen LogP contribution in [-0.4, -0.2) is 30.9 Å². The van der Waals surface area contributed by atoms with Crippen LogP contribution in [0.2, 0.25) is 10.0 Å². The second kappa shape index (κ2) is 9.94. The Kier molecular flexibility index (Phi) is 7.64. The van der Waals surface area contributed by atoms with Crippen LogP contribution in [0.15, 0.2) is 42.5 Å². The van der Waals surface area contributed by atoms with E-state index in [0.29, 0.717) is 5.02 Å². The summed E-state index contributed by atoms with van der Waals surface area (Å²) in [5.74, 6) is -1.62. The average Bonchev–Trinajstić information content (AvgIpc) is 2.62. The van der Waals surface area contributed by atoms with Gasteiger partial charge in [0, 0.05) is 5.02 Å². The third kappa shape index (κ3) is 6.92. The molecule has 2 aromatic rings. The normalized spacial score (nSPS) is 10.2. The predicted octanol–water partition coefficient (Wildman–Crippen LogP) is 2.89. The molecule has 0 aliphatic carbocycles. The Morgan fingerprint density at radius 1 is 1.00 bits per heavy atom. The largest absolute Gasteiger partial charge is 0.460 e. The Hall–Kier alpha value is -2.57. The molecule has 0 unspecified atom stereocenters. The smallest absolute Gasteiger partial charge is 0.325 e. The molecule has 0 atom stereocenters. The molecule has 0 aliphatic rings. The van der Waals surface area contributed by atoms with Crippen molar-refractivity contribution in [3.63, 3.8) is 0 Å². The van der Waals surface area contributed by atoms with Crippen molar-refractivity contribution >= 4 is 41.0 Å². The first-order chi connectivity index (χ1) is 12.8. The quantitative estimate of drug-likeness (QED) is 0.689. The lowest BCUT2D eigenvalue weighted by Gasteiger charge is -2.09. The second-order valence-electron chi connectivity index (χ2n) is 5.73. The van der Waals surface area contributed by atoms with Crippen molar-refractivity contribution in [2.24, 2.45) is 0 Å². The van der Waals surface area contributed by atoms with Crippen molar-refractivity contribution in [1.29, 1.82) is 0 Å². The zero-order valence-electron chi connectivity index (χ0n) is 14.6. The van der Waals surface area contributed by atoms with E-state index >= 15 is 0 Å². The van der Waals surface area contributed by atoms with Crippen molar-refractivity contribution in [3.05, 3.63) is 69.2 Å². The monoisotopic (exact) mass is 408 g/mol. The van der Waals surface area contributed by atoms with Crippen LogP contribution in [0.3, 0.4) is 0 Å². The SMILES string of the molecule is Cc1cccc(COC(=O)CNC(=O)CNC(=O)c2ccc(Cl)cc2Cl)c1. The molecular weight excluding hydrogens is 391 g/mol. The number of halogens is 2. The number of carbonyl (C=O) groups excluding carboxylic acids is 3.